The maximum Gasteiger partial charge on any atom is 0.243 e. The zero-order chi connectivity index (χ0) is 21.3. The van der Waals surface area contributed by atoms with E-state index >= 15 is 0 Å². The number of nitrogens with one attached hydrogen (secondary N) is 2. The molecule has 2 N–H and O–H groups in total. The zero-order valence-electron chi connectivity index (χ0n) is 16.9. The molecular weight excluding hydrogens is 464 g/mol. The van der Waals surface area contributed by atoms with Crippen molar-refractivity contribution in [3.8, 4) is 0 Å². The third-order valence-electron chi connectivity index (χ3n) is 4.53. The summed E-state index contributed by atoms with van der Waals surface area (Å²) in [5.41, 5.74) is 2.70. The molecule has 0 saturated carbocycles. The predicted molar refractivity (Wildman–Crippen MR) is 126 cm³/mol. The van der Waals surface area contributed by atoms with Gasteiger partial charge < -0.3 is 15.2 Å². The number of para-hydroxylation sites is 3. The average Bonchev–Trinajstić information content (AvgIpc) is 3.10. The molecule has 3 rings (SSSR count). The van der Waals surface area contributed by atoms with Gasteiger partial charge in [-0.1, -0.05) is 55.8 Å². The molecule has 6 nitrogen and oxygen atoms in total. The van der Waals surface area contributed by atoms with E-state index in [1.165, 1.54) is 11.8 Å². The van der Waals surface area contributed by atoms with E-state index in [4.69, 9.17) is 0 Å². The van der Waals surface area contributed by atoms with Crippen LogP contribution in [0.3, 0.4) is 0 Å². The van der Waals surface area contributed by atoms with Crippen LogP contribution in [-0.2, 0) is 16.1 Å². The van der Waals surface area contributed by atoms with Gasteiger partial charge in [-0.2, -0.15) is 0 Å². The zero-order valence-corrected chi connectivity index (χ0v) is 19.3. The molecule has 1 heterocycles. The van der Waals surface area contributed by atoms with Gasteiger partial charge in [0, 0.05) is 11.0 Å². The van der Waals surface area contributed by atoms with Crippen LogP contribution in [0, 0.1) is 0 Å². The van der Waals surface area contributed by atoms with E-state index in [1.807, 2.05) is 36.4 Å². The fourth-order valence-corrected chi connectivity index (χ4v) is 4.27. The Kier molecular flexibility index (Phi) is 8.33. The van der Waals surface area contributed by atoms with Crippen LogP contribution < -0.4 is 10.6 Å². The van der Waals surface area contributed by atoms with E-state index in [9.17, 15) is 9.59 Å². The molecule has 30 heavy (non-hydrogen) atoms. The molecule has 0 spiro atoms. The second kappa shape index (κ2) is 11.2. The maximum atomic E-state index is 12.3. The first kappa shape index (κ1) is 22.4. The number of halogens is 1. The Bertz CT molecular complexity index is 1020. The fraction of sp³-hybridized carbons (Fsp3) is 0.318. The smallest absolute Gasteiger partial charge is 0.243 e. The fourth-order valence-electron chi connectivity index (χ4n) is 3.02. The second-order valence-corrected chi connectivity index (χ2v) is 8.63. The van der Waals surface area contributed by atoms with Crippen LogP contribution in [0.2, 0.25) is 0 Å². The number of benzene rings is 2. The number of rotatable bonds is 10. The first-order valence-corrected chi connectivity index (χ1v) is 11.8. The van der Waals surface area contributed by atoms with Crippen LogP contribution in [0.25, 0.3) is 11.0 Å². The van der Waals surface area contributed by atoms with Gasteiger partial charge in [-0.25, -0.2) is 4.98 Å². The number of imidazole rings is 1. The average molecular weight is 489 g/mol. The number of unbranched alkanes of at least 4 members (excludes halogenated alkanes) is 2. The third-order valence-corrected chi connectivity index (χ3v) is 6.20. The van der Waals surface area contributed by atoms with Crippen LogP contribution >= 0.6 is 27.7 Å². The van der Waals surface area contributed by atoms with Gasteiger partial charge in [-0.3, -0.25) is 9.59 Å². The van der Waals surface area contributed by atoms with Crippen molar-refractivity contribution >= 4 is 56.2 Å². The molecule has 1 aromatic heterocycles. The number of hydrogen-bond donors (Lipinski definition) is 2. The highest BCUT2D eigenvalue weighted by Gasteiger charge is 2.13. The Labute approximate surface area is 189 Å². The van der Waals surface area contributed by atoms with Gasteiger partial charge in [0.05, 0.1) is 29.0 Å². The van der Waals surface area contributed by atoms with Gasteiger partial charge in [0.25, 0.3) is 0 Å². The summed E-state index contributed by atoms with van der Waals surface area (Å²) in [5.74, 6) is -0.263. The number of nitrogens with zero attached hydrogens (tertiary/aromatic N) is 2. The maximum absolute atomic E-state index is 12.3. The topological polar surface area (TPSA) is 76.0 Å². The van der Waals surface area contributed by atoms with Crippen LogP contribution in [0.4, 0.5) is 5.69 Å². The lowest BCUT2D eigenvalue weighted by Gasteiger charge is -2.10. The summed E-state index contributed by atoms with van der Waals surface area (Å²) in [6.45, 7) is 2.99. The minimum atomic E-state index is -0.271. The van der Waals surface area contributed by atoms with Gasteiger partial charge in [0.2, 0.25) is 11.8 Å². The van der Waals surface area contributed by atoms with E-state index in [1.54, 1.807) is 6.07 Å². The van der Waals surface area contributed by atoms with Gasteiger partial charge in [-0.15, -0.1) is 0 Å². The number of carbonyl (C=O) groups excluding carboxylic acids is 2. The van der Waals surface area contributed by atoms with E-state index in [0.717, 1.165) is 46.5 Å². The van der Waals surface area contributed by atoms with Crippen molar-refractivity contribution in [2.24, 2.45) is 0 Å². The number of hydrogen-bond acceptors (Lipinski definition) is 4. The molecule has 0 fully saturated rings. The minimum Gasteiger partial charge on any atom is -0.346 e. The predicted octanol–water partition coefficient (Wildman–Crippen LogP) is 4.84. The van der Waals surface area contributed by atoms with Crippen LogP contribution in [0.15, 0.2) is 58.2 Å². The van der Waals surface area contributed by atoms with Gasteiger partial charge in [0.15, 0.2) is 5.16 Å². The highest BCUT2D eigenvalue weighted by atomic mass is 79.9. The summed E-state index contributed by atoms with van der Waals surface area (Å²) in [6.07, 6.45) is 3.38. The Morgan fingerprint density at radius 1 is 1.07 bits per heavy atom. The standard InChI is InChI=1S/C22H25BrN4O2S/c1-2-3-8-13-27-19-12-7-6-11-18(19)26-22(27)30-15-21(29)24-14-20(28)25-17-10-5-4-9-16(17)23/h4-7,9-12H,2-3,8,13-15H2,1H3,(H,24,29)(H,25,28). The Morgan fingerprint density at radius 2 is 1.83 bits per heavy atom. The molecule has 0 unspecified atom stereocenters. The van der Waals surface area contributed by atoms with Crippen LogP contribution in [0.1, 0.15) is 26.2 Å². The van der Waals surface area contributed by atoms with E-state index in [-0.39, 0.29) is 24.1 Å². The summed E-state index contributed by atoms with van der Waals surface area (Å²) >= 11 is 4.78. The summed E-state index contributed by atoms with van der Waals surface area (Å²) in [7, 11) is 0. The lowest BCUT2D eigenvalue weighted by atomic mass is 10.2. The summed E-state index contributed by atoms with van der Waals surface area (Å²) in [5, 5.41) is 6.28. The van der Waals surface area contributed by atoms with Gasteiger partial charge in [-0.05, 0) is 46.6 Å². The van der Waals surface area contributed by atoms with E-state index < -0.39 is 0 Å². The number of fused-ring (bicyclic) bond motifs is 1. The second-order valence-electron chi connectivity index (χ2n) is 6.84. The van der Waals surface area contributed by atoms with Crippen molar-refractivity contribution in [1.82, 2.24) is 14.9 Å². The van der Waals surface area contributed by atoms with E-state index in [0.29, 0.717) is 5.69 Å². The number of anilines is 1. The van der Waals surface area contributed by atoms with Crippen molar-refractivity contribution in [2.45, 2.75) is 37.9 Å². The van der Waals surface area contributed by atoms with Gasteiger partial charge in [0.1, 0.15) is 0 Å². The molecule has 0 aliphatic rings. The number of thioether (sulfide) groups is 1. The van der Waals surface area contributed by atoms with Crippen molar-refractivity contribution in [3.05, 3.63) is 53.0 Å². The van der Waals surface area contributed by atoms with E-state index in [2.05, 4.69) is 49.1 Å². The molecule has 0 radical (unpaired) electrons. The molecule has 0 aliphatic carbocycles. The van der Waals surface area contributed by atoms with Gasteiger partial charge >= 0.3 is 0 Å². The molecule has 2 aromatic carbocycles. The quantitative estimate of drug-likeness (QED) is 0.316. The normalized spacial score (nSPS) is 10.9. The van der Waals surface area contributed by atoms with Crippen molar-refractivity contribution in [2.75, 3.05) is 17.6 Å². The first-order chi connectivity index (χ1) is 14.6. The SMILES string of the molecule is CCCCCn1c(SCC(=O)NCC(=O)Nc2ccccc2Br)nc2ccccc21. The summed E-state index contributed by atoms with van der Waals surface area (Å²) in [6, 6.07) is 15.4. The summed E-state index contributed by atoms with van der Waals surface area (Å²) < 4.78 is 2.98. The molecule has 0 aliphatic heterocycles. The largest absolute Gasteiger partial charge is 0.346 e. The molecule has 3 aromatic rings. The highest BCUT2D eigenvalue weighted by Crippen LogP contribution is 2.25. The molecule has 8 heteroatoms. The Balaban J connectivity index is 1.54. The highest BCUT2D eigenvalue weighted by molar-refractivity contribution is 9.10. The number of amides is 2. The van der Waals surface area contributed by atoms with Crippen LogP contribution in [-0.4, -0.2) is 33.7 Å². The molecular formula is C22H25BrN4O2S. The third kappa shape index (κ3) is 6.09. The molecule has 2 amide bonds. The minimum absolute atomic E-state index is 0.0758. The molecule has 158 valence electrons. The molecule has 0 bridgehead atoms. The van der Waals surface area contributed by atoms with Crippen LogP contribution in [0.5, 0.6) is 0 Å². The van der Waals surface area contributed by atoms with Crippen molar-refractivity contribution in [3.63, 3.8) is 0 Å². The lowest BCUT2D eigenvalue weighted by molar-refractivity contribution is -0.122. The number of aryl methyl sites for hydroxylation is 1. The van der Waals surface area contributed by atoms with Crippen molar-refractivity contribution < 1.29 is 9.59 Å². The number of aromatic nitrogens is 2. The lowest BCUT2D eigenvalue weighted by Crippen LogP contribution is -2.34. The monoisotopic (exact) mass is 488 g/mol. The Morgan fingerprint density at radius 3 is 2.63 bits per heavy atom. The molecule has 0 saturated heterocycles. The molecule has 0 atom stereocenters. The first-order valence-electron chi connectivity index (χ1n) is 9.97. The van der Waals surface area contributed by atoms with Crippen molar-refractivity contribution in [1.29, 1.82) is 0 Å². The number of carbonyl (C=O) groups is 2. The summed E-state index contributed by atoms with van der Waals surface area (Å²) in [4.78, 5) is 29.0. The Hall–Kier alpha value is -2.32.